The summed E-state index contributed by atoms with van der Waals surface area (Å²) >= 11 is 0. The number of hydrogen-bond donors (Lipinski definition) is 1. The van der Waals surface area contributed by atoms with E-state index in [0.717, 1.165) is 32.0 Å². The van der Waals surface area contributed by atoms with Crippen molar-refractivity contribution >= 4 is 11.8 Å². The summed E-state index contributed by atoms with van der Waals surface area (Å²) in [5.74, 6) is -3.46. The molecule has 2 heterocycles. The Morgan fingerprint density at radius 3 is 2.35 bits per heavy atom. The zero-order chi connectivity index (χ0) is 22.3. The number of halogens is 2. The van der Waals surface area contributed by atoms with Crippen molar-refractivity contribution in [2.24, 2.45) is 10.8 Å². The summed E-state index contributed by atoms with van der Waals surface area (Å²) in [6, 6.07) is 1.23. The molecular weight excluding hydrogens is 402 g/mol. The number of hydrogen-bond acceptors (Lipinski definition) is 4. The van der Waals surface area contributed by atoms with Gasteiger partial charge in [0.15, 0.2) is 5.78 Å². The first kappa shape index (κ1) is 22.4. The minimum Gasteiger partial charge on any atom is -0.328 e. The lowest BCUT2D eigenvalue weighted by molar-refractivity contribution is -0.124. The number of likely N-dealkylation sites (tertiary alicyclic amines) is 2. The molecule has 2 aliphatic carbocycles. The Hall–Kier alpha value is -1.75. The van der Waals surface area contributed by atoms with Gasteiger partial charge in [0.1, 0.15) is 0 Å². The molecule has 1 spiro atoms. The third-order valence-corrected chi connectivity index (χ3v) is 7.67. The van der Waals surface area contributed by atoms with Crippen LogP contribution in [0.1, 0.15) is 71.1 Å². The van der Waals surface area contributed by atoms with Crippen LogP contribution in [0.25, 0.3) is 0 Å². The molecule has 8 heteroatoms. The third kappa shape index (κ3) is 5.19. The van der Waals surface area contributed by atoms with Gasteiger partial charge in [0, 0.05) is 43.8 Å². The van der Waals surface area contributed by atoms with E-state index in [9.17, 15) is 23.6 Å². The van der Waals surface area contributed by atoms with Gasteiger partial charge in [-0.1, -0.05) is 13.3 Å². The van der Waals surface area contributed by atoms with Gasteiger partial charge in [-0.3, -0.25) is 4.79 Å². The van der Waals surface area contributed by atoms with E-state index in [2.05, 4.69) is 16.3 Å². The molecule has 0 aromatic carbocycles. The summed E-state index contributed by atoms with van der Waals surface area (Å²) < 4.78 is 28.6. The summed E-state index contributed by atoms with van der Waals surface area (Å²) in [6.45, 7) is 5.07. The van der Waals surface area contributed by atoms with Crippen LogP contribution in [-0.4, -0.2) is 65.8 Å². The number of nitrogens with zero attached hydrogens (tertiary/aromatic N) is 3. The number of alkyl halides is 2. The van der Waals surface area contributed by atoms with E-state index in [1.807, 2.05) is 0 Å². The Morgan fingerprint density at radius 2 is 1.84 bits per heavy atom. The number of carbonyl (C=O) groups excluding carboxylic acids is 2. The number of Topliss-reactive ketones (excluding diaryl/α,β-unsaturated/α-hetero) is 1. The van der Waals surface area contributed by atoms with Crippen molar-refractivity contribution in [3.63, 3.8) is 0 Å². The molecule has 2 saturated heterocycles. The SMILES string of the molecule is CCCC(F)(F)C[C@H](NC(=O)N1CC2(CCN(C3CC3)CC2)C1)C(=O)CC1(C#N)CC1. The van der Waals surface area contributed by atoms with Gasteiger partial charge in [-0.2, -0.15) is 5.26 Å². The second kappa shape index (κ2) is 8.31. The molecule has 0 aromatic heterocycles. The largest absolute Gasteiger partial charge is 0.328 e. The predicted octanol–water partition coefficient (Wildman–Crippen LogP) is 3.71. The Balaban J connectivity index is 1.32. The van der Waals surface area contributed by atoms with Gasteiger partial charge in [0.05, 0.1) is 17.5 Å². The molecule has 4 fully saturated rings. The number of rotatable bonds is 9. The number of amides is 2. The van der Waals surface area contributed by atoms with Crippen LogP contribution in [-0.2, 0) is 4.79 Å². The van der Waals surface area contributed by atoms with E-state index in [1.165, 1.54) is 12.8 Å². The highest BCUT2D eigenvalue weighted by Gasteiger charge is 2.50. The first-order valence-electron chi connectivity index (χ1n) is 11.8. The van der Waals surface area contributed by atoms with Crippen LogP contribution in [0.15, 0.2) is 0 Å². The molecule has 0 aromatic rings. The molecule has 4 aliphatic rings. The van der Waals surface area contributed by atoms with Crippen LogP contribution in [0.5, 0.6) is 0 Å². The second-order valence-corrected chi connectivity index (χ2v) is 10.5. The Kier molecular flexibility index (Phi) is 6.01. The van der Waals surface area contributed by atoms with Gasteiger partial charge in [0.25, 0.3) is 5.92 Å². The van der Waals surface area contributed by atoms with Gasteiger partial charge in [0.2, 0.25) is 0 Å². The fourth-order valence-electron chi connectivity index (χ4n) is 5.21. The smallest absolute Gasteiger partial charge is 0.318 e. The summed E-state index contributed by atoms with van der Waals surface area (Å²) in [5, 5.41) is 11.9. The molecule has 2 amide bonds. The fraction of sp³-hybridized carbons (Fsp3) is 0.870. The maximum Gasteiger partial charge on any atom is 0.318 e. The molecule has 6 nitrogen and oxygen atoms in total. The van der Waals surface area contributed by atoms with Crippen molar-refractivity contribution in [1.82, 2.24) is 15.1 Å². The lowest BCUT2D eigenvalue weighted by Crippen LogP contribution is -2.65. The molecule has 0 bridgehead atoms. The molecule has 2 saturated carbocycles. The van der Waals surface area contributed by atoms with Crippen LogP contribution in [0.4, 0.5) is 13.6 Å². The average molecular weight is 437 g/mol. The molecule has 1 N–H and O–H groups in total. The fourth-order valence-corrected chi connectivity index (χ4v) is 5.21. The molecule has 1 atom stereocenters. The second-order valence-electron chi connectivity index (χ2n) is 10.5. The highest BCUT2D eigenvalue weighted by Crippen LogP contribution is 2.48. The molecule has 4 rings (SSSR count). The molecule has 31 heavy (non-hydrogen) atoms. The summed E-state index contributed by atoms with van der Waals surface area (Å²) in [7, 11) is 0. The van der Waals surface area contributed by atoms with Crippen molar-refractivity contribution in [3.05, 3.63) is 0 Å². The molecule has 0 unspecified atom stereocenters. The summed E-state index contributed by atoms with van der Waals surface area (Å²) in [4.78, 5) is 29.8. The summed E-state index contributed by atoms with van der Waals surface area (Å²) in [5.41, 5.74) is -0.566. The van der Waals surface area contributed by atoms with Gasteiger partial charge < -0.3 is 15.1 Å². The number of nitriles is 1. The molecule has 0 radical (unpaired) electrons. The van der Waals surface area contributed by atoms with Crippen molar-refractivity contribution in [3.8, 4) is 6.07 Å². The van der Waals surface area contributed by atoms with Crippen LogP contribution < -0.4 is 5.32 Å². The molecule has 172 valence electrons. The van der Waals surface area contributed by atoms with Gasteiger partial charge in [-0.05, 0) is 51.6 Å². The molecular formula is C23H34F2N4O2. The van der Waals surface area contributed by atoms with E-state index in [-0.39, 0.29) is 18.3 Å². The van der Waals surface area contributed by atoms with E-state index < -0.39 is 35.6 Å². The number of piperidine rings is 1. The lowest BCUT2D eigenvalue weighted by Gasteiger charge is -2.54. The minimum absolute atomic E-state index is 0.0579. The summed E-state index contributed by atoms with van der Waals surface area (Å²) in [6.07, 6.45) is 5.20. The van der Waals surface area contributed by atoms with E-state index >= 15 is 0 Å². The lowest BCUT2D eigenvalue weighted by atomic mass is 9.72. The van der Waals surface area contributed by atoms with Gasteiger partial charge in [-0.15, -0.1) is 0 Å². The number of ketones is 1. The van der Waals surface area contributed by atoms with Crippen LogP contribution in [0.2, 0.25) is 0 Å². The number of nitrogens with one attached hydrogen (secondary N) is 1. The van der Waals surface area contributed by atoms with Crippen molar-refractivity contribution < 1.29 is 18.4 Å². The maximum absolute atomic E-state index is 14.3. The monoisotopic (exact) mass is 436 g/mol. The van der Waals surface area contributed by atoms with Crippen LogP contribution in [0, 0.1) is 22.2 Å². The zero-order valence-corrected chi connectivity index (χ0v) is 18.5. The first-order valence-corrected chi connectivity index (χ1v) is 11.8. The van der Waals surface area contributed by atoms with Crippen molar-refractivity contribution in [1.29, 1.82) is 5.26 Å². The van der Waals surface area contributed by atoms with E-state index in [1.54, 1.807) is 11.8 Å². The minimum atomic E-state index is -3.02. The van der Waals surface area contributed by atoms with Crippen molar-refractivity contribution in [2.75, 3.05) is 26.2 Å². The average Bonchev–Trinajstić information content (AvgIpc) is 3.60. The number of carbonyl (C=O) groups is 2. The van der Waals surface area contributed by atoms with Crippen molar-refractivity contribution in [2.45, 2.75) is 89.1 Å². The van der Waals surface area contributed by atoms with Gasteiger partial charge in [-0.25, -0.2) is 13.6 Å². The highest BCUT2D eigenvalue weighted by atomic mass is 19.3. The topological polar surface area (TPSA) is 76.4 Å². The maximum atomic E-state index is 14.3. The predicted molar refractivity (Wildman–Crippen MR) is 112 cm³/mol. The Labute approximate surface area is 183 Å². The quantitative estimate of drug-likeness (QED) is 0.598. The van der Waals surface area contributed by atoms with E-state index in [0.29, 0.717) is 32.4 Å². The highest BCUT2D eigenvalue weighted by molar-refractivity contribution is 5.89. The zero-order valence-electron chi connectivity index (χ0n) is 18.5. The number of urea groups is 1. The van der Waals surface area contributed by atoms with Gasteiger partial charge >= 0.3 is 6.03 Å². The molecule has 2 aliphatic heterocycles. The standard InChI is InChI=1S/C23H34F2N4O2/c1-2-5-23(24,25)12-18(19(30)13-21(14-26)6-7-21)27-20(31)29-15-22(16-29)8-10-28(11-9-22)17-3-4-17/h17-18H,2-13,15-16H2,1H3,(H,27,31)/t18-/m0/s1. The Bertz CT molecular complexity index is 741. The third-order valence-electron chi connectivity index (χ3n) is 7.67. The normalized spacial score (nSPS) is 25.4. The van der Waals surface area contributed by atoms with Crippen LogP contribution in [0.3, 0.4) is 0 Å². The van der Waals surface area contributed by atoms with Crippen LogP contribution >= 0.6 is 0 Å². The first-order chi connectivity index (χ1) is 14.7. The van der Waals surface area contributed by atoms with E-state index in [4.69, 9.17) is 0 Å². The Morgan fingerprint density at radius 1 is 1.19 bits per heavy atom.